The fourth-order valence-corrected chi connectivity index (χ4v) is 3.61. The summed E-state index contributed by atoms with van der Waals surface area (Å²) in [7, 11) is 0. The molecule has 3 aromatic rings. The molecule has 0 aliphatic heterocycles. The zero-order valence-electron chi connectivity index (χ0n) is 8.72. The summed E-state index contributed by atoms with van der Waals surface area (Å²) in [5.74, 6) is 0. The third-order valence-electron chi connectivity index (χ3n) is 2.28. The van der Waals surface area contributed by atoms with E-state index in [2.05, 4.69) is 31.2 Å². The SMILES string of the molecule is Brc1ccccc1Nc1nc2cccnc2[se]1. The quantitative estimate of drug-likeness (QED) is 0.720. The number of anilines is 2. The molecule has 0 unspecified atom stereocenters. The number of aromatic nitrogens is 2. The summed E-state index contributed by atoms with van der Waals surface area (Å²) >= 11 is 3.69. The average Bonchev–Trinajstić information content (AvgIpc) is 2.74. The van der Waals surface area contributed by atoms with Crippen molar-refractivity contribution in [1.29, 1.82) is 0 Å². The van der Waals surface area contributed by atoms with Gasteiger partial charge in [-0.15, -0.1) is 0 Å². The molecule has 1 N–H and O–H groups in total. The van der Waals surface area contributed by atoms with Crippen molar-refractivity contribution in [3.63, 3.8) is 0 Å². The molecule has 0 bridgehead atoms. The first-order chi connectivity index (χ1) is 8.33. The molecular formula is C12H8BrN3Se. The van der Waals surface area contributed by atoms with E-state index in [0.29, 0.717) is 0 Å². The molecule has 0 aliphatic carbocycles. The Balaban J connectivity index is 1.98. The van der Waals surface area contributed by atoms with Crippen molar-refractivity contribution in [2.45, 2.75) is 0 Å². The standard InChI is InChI=1S/C12H8BrN3Se/c13-8-4-1-2-5-9(8)15-12-16-10-6-3-7-14-11(10)17-12/h1-7H,(H,15,16). The zero-order valence-corrected chi connectivity index (χ0v) is 12.0. The number of pyridine rings is 1. The van der Waals surface area contributed by atoms with Crippen LogP contribution >= 0.6 is 15.9 Å². The summed E-state index contributed by atoms with van der Waals surface area (Å²) in [4.78, 5) is 8.87. The Morgan fingerprint density at radius 3 is 2.82 bits per heavy atom. The van der Waals surface area contributed by atoms with Gasteiger partial charge >= 0.3 is 113 Å². The van der Waals surface area contributed by atoms with Gasteiger partial charge in [0.25, 0.3) is 0 Å². The number of fused-ring (bicyclic) bond motifs is 1. The van der Waals surface area contributed by atoms with Crippen molar-refractivity contribution in [1.82, 2.24) is 9.97 Å². The van der Waals surface area contributed by atoms with Gasteiger partial charge < -0.3 is 0 Å². The van der Waals surface area contributed by atoms with E-state index in [9.17, 15) is 0 Å². The van der Waals surface area contributed by atoms with Crippen LogP contribution in [0.5, 0.6) is 0 Å². The van der Waals surface area contributed by atoms with Crippen molar-refractivity contribution in [3.8, 4) is 0 Å². The van der Waals surface area contributed by atoms with E-state index in [0.717, 1.165) is 24.8 Å². The third kappa shape index (κ3) is 2.27. The van der Waals surface area contributed by atoms with Gasteiger partial charge in [0.2, 0.25) is 0 Å². The summed E-state index contributed by atoms with van der Waals surface area (Å²) in [6.07, 6.45) is 1.82. The van der Waals surface area contributed by atoms with Crippen molar-refractivity contribution in [2.75, 3.05) is 5.32 Å². The first-order valence-electron chi connectivity index (χ1n) is 5.06. The second kappa shape index (κ2) is 4.61. The third-order valence-corrected chi connectivity index (χ3v) is 4.85. The minimum atomic E-state index is 0.172. The van der Waals surface area contributed by atoms with Crippen molar-refractivity contribution < 1.29 is 0 Å². The normalized spacial score (nSPS) is 10.6. The topological polar surface area (TPSA) is 37.8 Å². The number of nitrogens with one attached hydrogen (secondary N) is 1. The van der Waals surface area contributed by atoms with Gasteiger partial charge in [-0.3, -0.25) is 0 Å². The molecule has 3 rings (SSSR count). The van der Waals surface area contributed by atoms with E-state index in [-0.39, 0.29) is 14.5 Å². The number of hydrogen-bond acceptors (Lipinski definition) is 3. The van der Waals surface area contributed by atoms with Gasteiger partial charge in [-0.1, -0.05) is 0 Å². The van der Waals surface area contributed by atoms with Crippen LogP contribution in [0.4, 0.5) is 10.4 Å². The van der Waals surface area contributed by atoms with E-state index >= 15 is 0 Å². The monoisotopic (exact) mass is 353 g/mol. The van der Waals surface area contributed by atoms with Gasteiger partial charge in [-0.05, 0) is 0 Å². The zero-order chi connectivity index (χ0) is 11.7. The predicted molar refractivity (Wildman–Crippen MR) is 73.9 cm³/mol. The molecule has 0 amide bonds. The summed E-state index contributed by atoms with van der Waals surface area (Å²) in [5.41, 5.74) is 2.03. The molecule has 1 aromatic carbocycles. The molecule has 84 valence electrons. The van der Waals surface area contributed by atoms with Crippen molar-refractivity contribution in [2.24, 2.45) is 0 Å². The number of para-hydroxylation sites is 1. The molecule has 17 heavy (non-hydrogen) atoms. The van der Waals surface area contributed by atoms with Crippen molar-refractivity contribution >= 4 is 50.7 Å². The molecule has 0 fully saturated rings. The second-order valence-electron chi connectivity index (χ2n) is 3.45. The summed E-state index contributed by atoms with van der Waals surface area (Å²) < 4.78 is 3.13. The number of rotatable bonds is 2. The number of benzene rings is 1. The predicted octanol–water partition coefficient (Wildman–Crippen LogP) is 3.19. The summed E-state index contributed by atoms with van der Waals surface area (Å²) in [6.45, 7) is 0. The molecule has 3 nitrogen and oxygen atoms in total. The molecular weight excluding hydrogens is 345 g/mol. The van der Waals surface area contributed by atoms with Gasteiger partial charge in [0, 0.05) is 0 Å². The molecule has 0 saturated carbocycles. The number of hydrogen-bond donors (Lipinski definition) is 1. The van der Waals surface area contributed by atoms with Crippen LogP contribution in [-0.2, 0) is 0 Å². The van der Waals surface area contributed by atoms with Crippen LogP contribution in [0.15, 0.2) is 47.1 Å². The summed E-state index contributed by atoms with van der Waals surface area (Å²) in [5, 5.41) is 3.35. The van der Waals surface area contributed by atoms with Crippen LogP contribution in [0.25, 0.3) is 9.91 Å². The maximum absolute atomic E-state index is 4.54. The van der Waals surface area contributed by atoms with Gasteiger partial charge in [0.05, 0.1) is 0 Å². The average molecular weight is 353 g/mol. The Bertz CT molecular complexity index is 632. The van der Waals surface area contributed by atoms with Gasteiger partial charge in [0.1, 0.15) is 0 Å². The van der Waals surface area contributed by atoms with E-state index in [1.54, 1.807) is 0 Å². The Hall–Kier alpha value is -1.16. The molecule has 0 saturated heterocycles. The molecule has 2 heterocycles. The fourth-order valence-electron chi connectivity index (χ4n) is 1.50. The van der Waals surface area contributed by atoms with E-state index < -0.39 is 0 Å². The molecule has 0 atom stereocenters. The van der Waals surface area contributed by atoms with Gasteiger partial charge in [-0.2, -0.15) is 0 Å². The Labute approximate surface area is 113 Å². The van der Waals surface area contributed by atoms with E-state index in [1.165, 1.54) is 0 Å². The molecule has 0 spiro atoms. The Kier molecular flexibility index (Phi) is 2.97. The van der Waals surface area contributed by atoms with Crippen LogP contribution in [0.1, 0.15) is 0 Å². The summed E-state index contributed by atoms with van der Waals surface area (Å²) in [6, 6.07) is 11.9. The van der Waals surface area contributed by atoms with Gasteiger partial charge in [0.15, 0.2) is 0 Å². The Morgan fingerprint density at radius 1 is 1.12 bits per heavy atom. The van der Waals surface area contributed by atoms with E-state index in [4.69, 9.17) is 0 Å². The van der Waals surface area contributed by atoms with Crippen LogP contribution in [-0.4, -0.2) is 24.5 Å². The molecule has 5 heteroatoms. The second-order valence-corrected chi connectivity index (χ2v) is 6.36. The number of halogens is 1. The first kappa shape index (κ1) is 11.0. The van der Waals surface area contributed by atoms with Crippen molar-refractivity contribution in [3.05, 3.63) is 47.1 Å². The molecule has 2 aromatic heterocycles. The molecule has 0 aliphatic rings. The minimum absolute atomic E-state index is 0.172. The van der Waals surface area contributed by atoms with Crippen LogP contribution in [0.2, 0.25) is 0 Å². The van der Waals surface area contributed by atoms with Crippen LogP contribution in [0, 0.1) is 0 Å². The van der Waals surface area contributed by atoms with Crippen LogP contribution in [0.3, 0.4) is 0 Å². The Morgan fingerprint density at radius 2 is 2.00 bits per heavy atom. The molecule has 0 radical (unpaired) electrons. The maximum atomic E-state index is 4.54. The van der Waals surface area contributed by atoms with E-state index in [1.807, 2.05) is 42.6 Å². The fraction of sp³-hybridized carbons (Fsp3) is 0. The van der Waals surface area contributed by atoms with Gasteiger partial charge in [-0.25, -0.2) is 0 Å². The first-order valence-corrected chi connectivity index (χ1v) is 7.57. The number of nitrogens with zero attached hydrogens (tertiary/aromatic N) is 2. The van der Waals surface area contributed by atoms with Crippen LogP contribution < -0.4 is 5.32 Å².